The summed E-state index contributed by atoms with van der Waals surface area (Å²) in [4.78, 5) is 12.3. The molecule has 0 N–H and O–H groups in total. The van der Waals surface area contributed by atoms with Gasteiger partial charge in [0.05, 0.1) is 13.0 Å². The van der Waals surface area contributed by atoms with Crippen LogP contribution in [0.3, 0.4) is 0 Å². The molecule has 0 aliphatic carbocycles. The van der Waals surface area contributed by atoms with Gasteiger partial charge in [0.15, 0.2) is 0 Å². The van der Waals surface area contributed by atoms with Crippen molar-refractivity contribution < 1.29 is 14.3 Å². The number of hydrogen-bond acceptors (Lipinski definition) is 3. The van der Waals surface area contributed by atoms with Crippen LogP contribution < -0.4 is 4.74 Å². The molecule has 0 bridgehead atoms. The zero-order valence-corrected chi connectivity index (χ0v) is 13.8. The fourth-order valence-corrected chi connectivity index (χ4v) is 3.16. The molecule has 23 heavy (non-hydrogen) atoms. The van der Waals surface area contributed by atoms with E-state index in [0.717, 1.165) is 16.9 Å². The fraction of sp³-hybridized carbons (Fsp3) is 0.350. The predicted molar refractivity (Wildman–Crippen MR) is 89.4 cm³/mol. The Morgan fingerprint density at radius 1 is 1.04 bits per heavy atom. The van der Waals surface area contributed by atoms with Gasteiger partial charge in [0.25, 0.3) is 0 Å². The normalized spacial score (nSPS) is 23.6. The first-order valence-corrected chi connectivity index (χ1v) is 7.98. The third-order valence-electron chi connectivity index (χ3n) is 4.68. The molecule has 0 saturated carbocycles. The number of esters is 1. The summed E-state index contributed by atoms with van der Waals surface area (Å²) in [5.41, 5.74) is 3.42. The lowest BCUT2D eigenvalue weighted by Gasteiger charge is -2.17. The topological polar surface area (TPSA) is 35.5 Å². The highest BCUT2D eigenvalue weighted by atomic mass is 16.6. The number of cyclic esters (lactones) is 1. The monoisotopic (exact) mass is 310 g/mol. The molecular weight excluding hydrogens is 288 g/mol. The molecule has 1 saturated heterocycles. The van der Waals surface area contributed by atoms with Gasteiger partial charge in [0, 0.05) is 5.92 Å². The molecule has 120 valence electrons. The maximum atomic E-state index is 12.3. The summed E-state index contributed by atoms with van der Waals surface area (Å²) in [5, 5.41) is 0. The average molecular weight is 310 g/mol. The molecule has 0 spiro atoms. The van der Waals surface area contributed by atoms with E-state index >= 15 is 0 Å². The van der Waals surface area contributed by atoms with Gasteiger partial charge in [-0.2, -0.15) is 0 Å². The van der Waals surface area contributed by atoms with Gasteiger partial charge >= 0.3 is 5.97 Å². The Hall–Kier alpha value is -2.29. The van der Waals surface area contributed by atoms with Crippen LogP contribution >= 0.6 is 0 Å². The van der Waals surface area contributed by atoms with E-state index in [2.05, 4.69) is 38.1 Å². The number of carbonyl (C=O) groups is 1. The molecule has 1 aliphatic heterocycles. The van der Waals surface area contributed by atoms with Crippen molar-refractivity contribution in [3.05, 3.63) is 65.2 Å². The van der Waals surface area contributed by atoms with E-state index in [9.17, 15) is 4.79 Å². The first-order chi connectivity index (χ1) is 11.1. The molecule has 0 aromatic heterocycles. The lowest BCUT2D eigenvalue weighted by atomic mass is 9.85. The van der Waals surface area contributed by atoms with Crippen LogP contribution in [-0.2, 0) is 16.0 Å². The summed E-state index contributed by atoms with van der Waals surface area (Å²) in [5.74, 6) is 0.786. The molecule has 1 unspecified atom stereocenters. The second-order valence-corrected chi connectivity index (χ2v) is 6.29. The van der Waals surface area contributed by atoms with Crippen molar-refractivity contribution in [2.24, 2.45) is 11.8 Å². The number of ether oxygens (including phenoxy) is 2. The summed E-state index contributed by atoms with van der Waals surface area (Å²) in [6.45, 7) is 4.16. The minimum absolute atomic E-state index is 0.0982. The quantitative estimate of drug-likeness (QED) is 0.798. The lowest BCUT2D eigenvalue weighted by molar-refractivity contribution is -0.144. The highest BCUT2D eigenvalue weighted by Crippen LogP contribution is 2.40. The Kier molecular flexibility index (Phi) is 4.37. The molecule has 3 atom stereocenters. The number of methoxy groups -OCH3 is 1. The standard InChI is InChI=1S/C20H22O3/c1-13-4-8-16(9-5-13)19-14(2)18(20(21)23-19)12-15-6-10-17(22-3)11-7-15/h4-11,14,18-19H,12H2,1-3H3/t14-,18?,19-/m1/s1. The van der Waals surface area contributed by atoms with Gasteiger partial charge in [0.2, 0.25) is 0 Å². The Morgan fingerprint density at radius 3 is 2.30 bits per heavy atom. The zero-order valence-electron chi connectivity index (χ0n) is 13.8. The molecule has 0 radical (unpaired) electrons. The summed E-state index contributed by atoms with van der Waals surface area (Å²) in [6, 6.07) is 16.1. The van der Waals surface area contributed by atoms with Crippen LogP contribution in [0, 0.1) is 18.8 Å². The maximum Gasteiger partial charge on any atom is 0.310 e. The van der Waals surface area contributed by atoms with Crippen molar-refractivity contribution in [3.8, 4) is 5.75 Å². The van der Waals surface area contributed by atoms with Crippen molar-refractivity contribution in [1.29, 1.82) is 0 Å². The third-order valence-corrected chi connectivity index (χ3v) is 4.68. The lowest BCUT2D eigenvalue weighted by Crippen LogP contribution is -2.17. The van der Waals surface area contributed by atoms with Gasteiger partial charge in [0.1, 0.15) is 11.9 Å². The highest BCUT2D eigenvalue weighted by Gasteiger charge is 2.42. The van der Waals surface area contributed by atoms with Crippen LogP contribution in [0.5, 0.6) is 5.75 Å². The second-order valence-electron chi connectivity index (χ2n) is 6.29. The second kappa shape index (κ2) is 6.45. The average Bonchev–Trinajstić information content (AvgIpc) is 2.84. The van der Waals surface area contributed by atoms with Crippen molar-refractivity contribution in [3.63, 3.8) is 0 Å². The SMILES string of the molecule is COc1ccc(CC2C(=O)O[C@@H](c3ccc(C)cc3)[C@@H]2C)cc1. The van der Waals surface area contributed by atoms with E-state index in [1.807, 2.05) is 24.3 Å². The number of aryl methyl sites for hydroxylation is 1. The summed E-state index contributed by atoms with van der Waals surface area (Å²) >= 11 is 0. The van der Waals surface area contributed by atoms with E-state index in [-0.39, 0.29) is 23.9 Å². The first kappa shape index (κ1) is 15.6. The van der Waals surface area contributed by atoms with E-state index < -0.39 is 0 Å². The van der Waals surface area contributed by atoms with Gasteiger partial charge in [-0.3, -0.25) is 4.79 Å². The number of hydrogen-bond donors (Lipinski definition) is 0. The molecule has 2 aromatic rings. The third kappa shape index (κ3) is 3.24. The van der Waals surface area contributed by atoms with E-state index in [0.29, 0.717) is 6.42 Å². The van der Waals surface area contributed by atoms with Crippen LogP contribution in [-0.4, -0.2) is 13.1 Å². The van der Waals surface area contributed by atoms with Crippen molar-refractivity contribution >= 4 is 5.97 Å². The smallest absolute Gasteiger partial charge is 0.310 e. The Morgan fingerprint density at radius 2 is 1.70 bits per heavy atom. The fourth-order valence-electron chi connectivity index (χ4n) is 3.16. The largest absolute Gasteiger partial charge is 0.497 e. The summed E-state index contributed by atoms with van der Waals surface area (Å²) in [6.07, 6.45) is 0.554. The molecule has 3 nitrogen and oxygen atoms in total. The molecule has 1 fully saturated rings. The van der Waals surface area contributed by atoms with Crippen molar-refractivity contribution in [2.45, 2.75) is 26.4 Å². The van der Waals surface area contributed by atoms with Gasteiger partial charge in [-0.05, 0) is 36.6 Å². The summed E-state index contributed by atoms with van der Waals surface area (Å²) in [7, 11) is 1.65. The van der Waals surface area contributed by atoms with Gasteiger partial charge in [-0.25, -0.2) is 0 Å². The van der Waals surface area contributed by atoms with Crippen molar-refractivity contribution in [1.82, 2.24) is 0 Å². The molecule has 1 aliphatic rings. The minimum Gasteiger partial charge on any atom is -0.497 e. The van der Waals surface area contributed by atoms with Gasteiger partial charge < -0.3 is 9.47 Å². The number of carbonyl (C=O) groups excluding carboxylic acids is 1. The van der Waals surface area contributed by atoms with Crippen molar-refractivity contribution in [2.75, 3.05) is 7.11 Å². The maximum absolute atomic E-state index is 12.3. The van der Waals surface area contributed by atoms with E-state index in [1.165, 1.54) is 5.56 Å². The van der Waals surface area contributed by atoms with Crippen LogP contribution in [0.15, 0.2) is 48.5 Å². The number of benzene rings is 2. The Balaban J connectivity index is 1.75. The predicted octanol–water partition coefficient (Wildman–Crippen LogP) is 4.10. The molecular formula is C20H22O3. The number of rotatable bonds is 4. The van der Waals surface area contributed by atoms with Crippen LogP contribution in [0.25, 0.3) is 0 Å². The minimum atomic E-state index is -0.147. The van der Waals surface area contributed by atoms with E-state index in [1.54, 1.807) is 7.11 Å². The molecule has 2 aromatic carbocycles. The summed E-state index contributed by atoms with van der Waals surface area (Å²) < 4.78 is 10.8. The van der Waals surface area contributed by atoms with Crippen LogP contribution in [0.1, 0.15) is 29.7 Å². The Labute approximate surface area is 137 Å². The molecule has 0 amide bonds. The van der Waals surface area contributed by atoms with Gasteiger partial charge in [-0.15, -0.1) is 0 Å². The van der Waals surface area contributed by atoms with E-state index in [4.69, 9.17) is 9.47 Å². The molecule has 1 heterocycles. The zero-order chi connectivity index (χ0) is 16.4. The highest BCUT2D eigenvalue weighted by molar-refractivity contribution is 5.76. The first-order valence-electron chi connectivity index (χ1n) is 7.98. The van der Waals surface area contributed by atoms with Crippen LogP contribution in [0.4, 0.5) is 0 Å². The molecule has 3 rings (SSSR count). The Bertz CT molecular complexity index is 673. The molecule has 3 heteroatoms. The van der Waals surface area contributed by atoms with Gasteiger partial charge in [-0.1, -0.05) is 48.9 Å². The van der Waals surface area contributed by atoms with Crippen LogP contribution in [0.2, 0.25) is 0 Å².